The number of amides is 1. The Morgan fingerprint density at radius 1 is 1.04 bits per heavy atom. The van der Waals surface area contributed by atoms with Gasteiger partial charge in [-0.1, -0.05) is 43.3 Å². The second-order valence-corrected chi connectivity index (χ2v) is 6.53. The van der Waals surface area contributed by atoms with Gasteiger partial charge in [0.05, 0.1) is 6.04 Å². The van der Waals surface area contributed by atoms with E-state index < -0.39 is 5.97 Å². The van der Waals surface area contributed by atoms with E-state index in [2.05, 4.69) is 12.2 Å². The Bertz CT molecular complexity index is 783. The number of ether oxygens (including phenoxy) is 2. The molecular formula is C22H27NO4. The lowest BCUT2D eigenvalue weighted by Gasteiger charge is -2.15. The number of carbonyl (C=O) groups is 2. The summed E-state index contributed by atoms with van der Waals surface area (Å²) in [4.78, 5) is 23.8. The molecule has 0 spiro atoms. The first kappa shape index (κ1) is 20.5. The maximum Gasteiger partial charge on any atom is 0.344 e. The topological polar surface area (TPSA) is 64.6 Å². The fourth-order valence-electron chi connectivity index (χ4n) is 2.61. The SMILES string of the molecule is CCc1ccc([C@H](C)NC(=O)COC(=O)COc2cccc(C)c2C)cc1. The van der Waals surface area contributed by atoms with Crippen molar-refractivity contribution in [3.05, 3.63) is 64.7 Å². The zero-order valence-corrected chi connectivity index (χ0v) is 16.4. The van der Waals surface area contributed by atoms with E-state index in [1.54, 1.807) is 6.07 Å². The molecular weight excluding hydrogens is 342 g/mol. The number of hydrogen-bond donors (Lipinski definition) is 1. The van der Waals surface area contributed by atoms with E-state index in [0.29, 0.717) is 5.75 Å². The molecule has 1 amide bonds. The van der Waals surface area contributed by atoms with Crippen molar-refractivity contribution in [3.63, 3.8) is 0 Å². The van der Waals surface area contributed by atoms with Crippen molar-refractivity contribution < 1.29 is 19.1 Å². The molecule has 2 aromatic rings. The first-order chi connectivity index (χ1) is 12.9. The van der Waals surface area contributed by atoms with Crippen molar-refractivity contribution in [1.82, 2.24) is 5.32 Å². The van der Waals surface area contributed by atoms with E-state index in [1.807, 2.05) is 57.2 Å². The smallest absolute Gasteiger partial charge is 0.344 e. The summed E-state index contributed by atoms with van der Waals surface area (Å²) in [7, 11) is 0. The van der Waals surface area contributed by atoms with Gasteiger partial charge in [0.15, 0.2) is 13.2 Å². The van der Waals surface area contributed by atoms with Crippen LogP contribution in [0.2, 0.25) is 0 Å². The Balaban J connectivity index is 1.75. The van der Waals surface area contributed by atoms with Crippen molar-refractivity contribution >= 4 is 11.9 Å². The fraction of sp³-hybridized carbons (Fsp3) is 0.364. The second-order valence-electron chi connectivity index (χ2n) is 6.53. The quantitative estimate of drug-likeness (QED) is 0.721. The largest absolute Gasteiger partial charge is 0.482 e. The number of hydrogen-bond acceptors (Lipinski definition) is 4. The van der Waals surface area contributed by atoms with E-state index in [-0.39, 0.29) is 25.2 Å². The van der Waals surface area contributed by atoms with E-state index in [0.717, 1.165) is 23.1 Å². The third-order valence-electron chi connectivity index (χ3n) is 4.53. The molecule has 0 fully saturated rings. The molecule has 0 heterocycles. The Hall–Kier alpha value is -2.82. The van der Waals surface area contributed by atoms with Gasteiger partial charge in [0, 0.05) is 0 Å². The molecule has 0 aromatic heterocycles. The van der Waals surface area contributed by atoms with Crippen LogP contribution in [0.5, 0.6) is 5.75 Å². The van der Waals surface area contributed by atoms with Gasteiger partial charge in [-0.05, 0) is 55.5 Å². The Labute approximate surface area is 160 Å². The van der Waals surface area contributed by atoms with E-state index in [4.69, 9.17) is 9.47 Å². The molecule has 2 rings (SSSR count). The zero-order valence-electron chi connectivity index (χ0n) is 16.4. The number of rotatable bonds is 8. The predicted molar refractivity (Wildman–Crippen MR) is 105 cm³/mol. The molecule has 1 N–H and O–H groups in total. The Kier molecular flexibility index (Phi) is 7.41. The van der Waals surface area contributed by atoms with Crippen molar-refractivity contribution in [2.45, 2.75) is 40.2 Å². The average Bonchev–Trinajstić information content (AvgIpc) is 2.67. The van der Waals surface area contributed by atoms with Crippen LogP contribution in [-0.2, 0) is 20.7 Å². The van der Waals surface area contributed by atoms with Gasteiger partial charge < -0.3 is 14.8 Å². The summed E-state index contributed by atoms with van der Waals surface area (Å²) in [6.07, 6.45) is 0.973. The molecule has 0 radical (unpaired) electrons. The molecule has 27 heavy (non-hydrogen) atoms. The summed E-state index contributed by atoms with van der Waals surface area (Å²) in [5.74, 6) is -0.284. The van der Waals surface area contributed by atoms with Crippen molar-refractivity contribution in [3.8, 4) is 5.75 Å². The summed E-state index contributed by atoms with van der Waals surface area (Å²) < 4.78 is 10.5. The molecule has 0 saturated carbocycles. The zero-order chi connectivity index (χ0) is 19.8. The lowest BCUT2D eigenvalue weighted by Crippen LogP contribution is -2.32. The average molecular weight is 369 g/mol. The van der Waals surface area contributed by atoms with Crippen LogP contribution in [0.15, 0.2) is 42.5 Å². The normalized spacial score (nSPS) is 11.6. The lowest BCUT2D eigenvalue weighted by molar-refractivity contribution is -0.150. The minimum Gasteiger partial charge on any atom is -0.482 e. The standard InChI is InChI=1S/C22H27NO4/c1-5-18-9-11-19(12-10-18)17(4)23-21(24)13-27-22(25)14-26-20-8-6-7-15(2)16(20)3/h6-12,17H,5,13-14H2,1-4H3,(H,23,24)/t17-/m0/s1. The second kappa shape index (κ2) is 9.76. The maximum atomic E-state index is 12.0. The van der Waals surface area contributed by atoms with Crippen LogP contribution < -0.4 is 10.1 Å². The Morgan fingerprint density at radius 3 is 2.41 bits per heavy atom. The van der Waals surface area contributed by atoms with Crippen LogP contribution in [0.25, 0.3) is 0 Å². The summed E-state index contributed by atoms with van der Waals surface area (Å²) in [5, 5.41) is 2.82. The van der Waals surface area contributed by atoms with Gasteiger partial charge in [0.1, 0.15) is 5.75 Å². The number of benzene rings is 2. The highest BCUT2D eigenvalue weighted by Crippen LogP contribution is 2.20. The maximum absolute atomic E-state index is 12.0. The molecule has 144 valence electrons. The van der Waals surface area contributed by atoms with Gasteiger partial charge in [0.2, 0.25) is 0 Å². The summed E-state index contributed by atoms with van der Waals surface area (Å²) in [6.45, 7) is 7.33. The molecule has 0 saturated heterocycles. The summed E-state index contributed by atoms with van der Waals surface area (Å²) >= 11 is 0. The van der Waals surface area contributed by atoms with Gasteiger partial charge in [0.25, 0.3) is 5.91 Å². The monoisotopic (exact) mass is 369 g/mol. The van der Waals surface area contributed by atoms with Crippen molar-refractivity contribution in [2.75, 3.05) is 13.2 Å². The van der Waals surface area contributed by atoms with Crippen molar-refractivity contribution in [2.24, 2.45) is 0 Å². The molecule has 0 bridgehead atoms. The molecule has 1 atom stereocenters. The molecule has 0 unspecified atom stereocenters. The van der Waals surface area contributed by atoms with Crippen LogP contribution in [0.3, 0.4) is 0 Å². The van der Waals surface area contributed by atoms with Gasteiger partial charge in [-0.25, -0.2) is 4.79 Å². The highest BCUT2D eigenvalue weighted by atomic mass is 16.6. The third kappa shape index (κ3) is 6.13. The summed E-state index contributed by atoms with van der Waals surface area (Å²) in [6, 6.07) is 13.6. The first-order valence-electron chi connectivity index (χ1n) is 9.13. The van der Waals surface area contributed by atoms with Gasteiger partial charge in [-0.2, -0.15) is 0 Å². The number of aryl methyl sites for hydroxylation is 2. The number of esters is 1. The van der Waals surface area contributed by atoms with Crippen LogP contribution in [0, 0.1) is 13.8 Å². The van der Waals surface area contributed by atoms with Crippen LogP contribution >= 0.6 is 0 Å². The van der Waals surface area contributed by atoms with Crippen LogP contribution in [0.1, 0.15) is 42.1 Å². The van der Waals surface area contributed by atoms with Crippen LogP contribution in [-0.4, -0.2) is 25.1 Å². The first-order valence-corrected chi connectivity index (χ1v) is 9.13. The van der Waals surface area contributed by atoms with Gasteiger partial charge in [-0.15, -0.1) is 0 Å². The van der Waals surface area contributed by atoms with Gasteiger partial charge in [-0.3, -0.25) is 4.79 Å². The highest BCUT2D eigenvalue weighted by molar-refractivity contribution is 5.81. The molecule has 5 heteroatoms. The molecule has 2 aromatic carbocycles. The van der Waals surface area contributed by atoms with Crippen molar-refractivity contribution in [1.29, 1.82) is 0 Å². The molecule has 0 aliphatic carbocycles. The van der Waals surface area contributed by atoms with Crippen LogP contribution in [0.4, 0.5) is 0 Å². The number of carbonyl (C=O) groups excluding carboxylic acids is 2. The third-order valence-corrected chi connectivity index (χ3v) is 4.53. The Morgan fingerprint density at radius 2 is 1.74 bits per heavy atom. The highest BCUT2D eigenvalue weighted by Gasteiger charge is 2.13. The molecule has 0 aliphatic heterocycles. The fourth-order valence-corrected chi connectivity index (χ4v) is 2.61. The van der Waals surface area contributed by atoms with Gasteiger partial charge >= 0.3 is 5.97 Å². The van der Waals surface area contributed by atoms with E-state index in [9.17, 15) is 9.59 Å². The minimum atomic E-state index is -0.578. The summed E-state index contributed by atoms with van der Waals surface area (Å²) in [5.41, 5.74) is 4.31. The predicted octanol–water partition coefficient (Wildman–Crippen LogP) is 3.67. The minimum absolute atomic E-state index is 0.159. The van der Waals surface area contributed by atoms with E-state index in [1.165, 1.54) is 5.56 Å². The molecule has 5 nitrogen and oxygen atoms in total. The molecule has 0 aliphatic rings. The number of nitrogens with one attached hydrogen (secondary N) is 1. The van der Waals surface area contributed by atoms with E-state index >= 15 is 0 Å². The lowest BCUT2D eigenvalue weighted by atomic mass is 10.1.